The molecule has 0 spiro atoms. The lowest BCUT2D eigenvalue weighted by molar-refractivity contribution is 0.140. The van der Waals surface area contributed by atoms with Crippen LogP contribution in [-0.4, -0.2) is 43.3 Å². The molecule has 60 valence electrons. The fourth-order valence-corrected chi connectivity index (χ4v) is 2.22. The Hall–Kier alpha value is -0.130. The van der Waals surface area contributed by atoms with Crippen LogP contribution in [0.2, 0.25) is 0 Å². The quantitative estimate of drug-likeness (QED) is 0.501. The predicted octanol–water partition coefficient (Wildman–Crippen LogP) is -0.987. The van der Waals surface area contributed by atoms with E-state index in [1.807, 2.05) is 0 Å². The summed E-state index contributed by atoms with van der Waals surface area (Å²) < 4.78 is 23.1. The second kappa shape index (κ2) is 2.48. The number of sulfonamides is 1. The fourth-order valence-electron chi connectivity index (χ4n) is 0.942. The number of hydrogen-bond acceptors (Lipinski definition) is 3. The number of likely N-dealkylation sites (N-methyl/N-ethyl adjacent to an activating group) is 1. The van der Waals surface area contributed by atoms with Crippen molar-refractivity contribution in [2.45, 2.75) is 12.5 Å². The molecule has 0 aromatic carbocycles. The summed E-state index contributed by atoms with van der Waals surface area (Å²) in [6, 6.07) is 0. The summed E-state index contributed by atoms with van der Waals surface area (Å²) in [4.78, 5) is 0. The molecule has 0 bridgehead atoms. The van der Waals surface area contributed by atoms with Crippen LogP contribution in [0.5, 0.6) is 0 Å². The second-order valence-corrected chi connectivity index (χ2v) is 4.73. The zero-order chi connectivity index (χ0) is 7.78. The monoisotopic (exact) mass is 165 g/mol. The first-order valence-corrected chi connectivity index (χ1v) is 4.75. The maximum absolute atomic E-state index is 10.9. The average molecular weight is 165 g/mol. The highest BCUT2D eigenvalue weighted by atomic mass is 32.2. The summed E-state index contributed by atoms with van der Waals surface area (Å²) in [5.74, 6) is 0.0741. The molecule has 1 fully saturated rings. The third kappa shape index (κ3) is 1.47. The van der Waals surface area contributed by atoms with E-state index in [9.17, 15) is 8.42 Å². The van der Waals surface area contributed by atoms with Gasteiger partial charge in [-0.15, -0.1) is 0 Å². The lowest BCUT2D eigenvalue weighted by Crippen LogP contribution is -2.41. The first-order valence-electron chi connectivity index (χ1n) is 3.14. The Kier molecular flexibility index (Phi) is 1.98. The molecule has 0 aromatic heterocycles. The Morgan fingerprint density at radius 2 is 2.20 bits per heavy atom. The molecule has 0 amide bonds. The van der Waals surface area contributed by atoms with E-state index >= 15 is 0 Å². The van der Waals surface area contributed by atoms with Gasteiger partial charge in [0.15, 0.2) is 0 Å². The first-order chi connectivity index (χ1) is 4.52. The molecule has 1 unspecified atom stereocenters. The topological polar surface area (TPSA) is 57.6 Å². The Labute approximate surface area is 60.5 Å². The van der Waals surface area contributed by atoms with Crippen molar-refractivity contribution in [1.29, 1.82) is 0 Å². The van der Waals surface area contributed by atoms with Crippen molar-refractivity contribution in [3.05, 3.63) is 0 Å². The van der Waals surface area contributed by atoms with Crippen LogP contribution in [0.15, 0.2) is 0 Å². The predicted molar refractivity (Wildman–Crippen MR) is 37.0 cm³/mol. The molecular formula is C5H11NO3S. The van der Waals surface area contributed by atoms with E-state index in [-0.39, 0.29) is 12.3 Å². The SMILES string of the molecule is CN1CC(O)CCS1(=O)=O. The van der Waals surface area contributed by atoms with Crippen LogP contribution in [0.25, 0.3) is 0 Å². The van der Waals surface area contributed by atoms with Crippen LogP contribution >= 0.6 is 0 Å². The molecular weight excluding hydrogens is 154 g/mol. The summed E-state index contributed by atoms with van der Waals surface area (Å²) in [6.45, 7) is 0.238. The van der Waals surface area contributed by atoms with Crippen LogP contribution in [0.3, 0.4) is 0 Å². The van der Waals surface area contributed by atoms with E-state index in [0.717, 1.165) is 0 Å². The van der Waals surface area contributed by atoms with Crippen molar-refractivity contribution in [2.24, 2.45) is 0 Å². The summed E-state index contributed by atoms with van der Waals surface area (Å²) in [7, 11) is -1.54. The third-order valence-electron chi connectivity index (χ3n) is 1.65. The third-order valence-corrected chi connectivity index (χ3v) is 3.50. The van der Waals surface area contributed by atoms with Gasteiger partial charge >= 0.3 is 0 Å². The molecule has 0 aliphatic carbocycles. The van der Waals surface area contributed by atoms with Crippen molar-refractivity contribution in [2.75, 3.05) is 19.3 Å². The normalized spacial score (nSPS) is 34.0. The zero-order valence-electron chi connectivity index (χ0n) is 5.82. The molecule has 1 atom stereocenters. The molecule has 0 radical (unpaired) electrons. The Bertz CT molecular complexity index is 211. The van der Waals surface area contributed by atoms with E-state index < -0.39 is 16.1 Å². The highest BCUT2D eigenvalue weighted by Gasteiger charge is 2.26. The molecule has 4 nitrogen and oxygen atoms in total. The number of aliphatic hydroxyl groups excluding tert-OH is 1. The standard InChI is InChI=1S/C5H11NO3S/c1-6-4-5(7)2-3-10(6,8)9/h5,7H,2-4H2,1H3. The summed E-state index contributed by atoms with van der Waals surface area (Å²) in [5.41, 5.74) is 0. The van der Waals surface area contributed by atoms with E-state index in [0.29, 0.717) is 6.42 Å². The van der Waals surface area contributed by atoms with Crippen LogP contribution in [-0.2, 0) is 10.0 Å². The van der Waals surface area contributed by atoms with Gasteiger partial charge in [-0.2, -0.15) is 0 Å². The smallest absolute Gasteiger partial charge is 0.214 e. The van der Waals surface area contributed by atoms with Gasteiger partial charge in [0.2, 0.25) is 10.0 Å². The lowest BCUT2D eigenvalue weighted by Gasteiger charge is -2.25. The zero-order valence-corrected chi connectivity index (χ0v) is 6.63. The van der Waals surface area contributed by atoms with Crippen LogP contribution in [0.1, 0.15) is 6.42 Å². The van der Waals surface area contributed by atoms with Crippen molar-refractivity contribution < 1.29 is 13.5 Å². The molecule has 1 aliphatic heterocycles. The summed E-state index contributed by atoms with van der Waals surface area (Å²) in [5, 5.41) is 9.01. The van der Waals surface area contributed by atoms with Gasteiger partial charge in [-0.25, -0.2) is 12.7 Å². The largest absolute Gasteiger partial charge is 0.392 e. The molecule has 1 saturated heterocycles. The molecule has 10 heavy (non-hydrogen) atoms. The highest BCUT2D eigenvalue weighted by molar-refractivity contribution is 7.89. The van der Waals surface area contributed by atoms with Crippen LogP contribution in [0, 0.1) is 0 Å². The van der Waals surface area contributed by atoms with Gasteiger partial charge in [-0.3, -0.25) is 0 Å². The van der Waals surface area contributed by atoms with Gasteiger partial charge < -0.3 is 5.11 Å². The highest BCUT2D eigenvalue weighted by Crippen LogP contribution is 2.10. The second-order valence-electron chi connectivity index (χ2n) is 2.54. The molecule has 1 aliphatic rings. The minimum Gasteiger partial charge on any atom is -0.392 e. The maximum atomic E-state index is 10.9. The van der Waals surface area contributed by atoms with Crippen molar-refractivity contribution in [3.8, 4) is 0 Å². The lowest BCUT2D eigenvalue weighted by atomic mass is 10.3. The minimum absolute atomic E-state index is 0.0741. The molecule has 1 N–H and O–H groups in total. The fraction of sp³-hybridized carbons (Fsp3) is 1.00. The van der Waals surface area contributed by atoms with Gasteiger partial charge in [-0.05, 0) is 6.42 Å². The number of rotatable bonds is 0. The van der Waals surface area contributed by atoms with Crippen LogP contribution in [0.4, 0.5) is 0 Å². The van der Waals surface area contributed by atoms with Gasteiger partial charge in [0, 0.05) is 13.6 Å². The molecule has 1 rings (SSSR count). The average Bonchev–Trinajstić information content (AvgIpc) is 1.81. The van der Waals surface area contributed by atoms with E-state index in [4.69, 9.17) is 5.11 Å². The Balaban J connectivity index is 2.70. The van der Waals surface area contributed by atoms with E-state index in [2.05, 4.69) is 0 Å². The number of nitrogens with zero attached hydrogens (tertiary/aromatic N) is 1. The van der Waals surface area contributed by atoms with Gasteiger partial charge in [0.05, 0.1) is 11.9 Å². The van der Waals surface area contributed by atoms with Gasteiger partial charge in [0.1, 0.15) is 0 Å². The minimum atomic E-state index is -3.02. The van der Waals surface area contributed by atoms with Crippen molar-refractivity contribution >= 4 is 10.0 Å². The number of aliphatic hydroxyl groups is 1. The van der Waals surface area contributed by atoms with Gasteiger partial charge in [-0.1, -0.05) is 0 Å². The Morgan fingerprint density at radius 1 is 1.60 bits per heavy atom. The van der Waals surface area contributed by atoms with Gasteiger partial charge in [0.25, 0.3) is 0 Å². The molecule has 0 saturated carbocycles. The van der Waals surface area contributed by atoms with Crippen molar-refractivity contribution in [1.82, 2.24) is 4.31 Å². The van der Waals surface area contributed by atoms with Crippen molar-refractivity contribution in [3.63, 3.8) is 0 Å². The number of β-amino-alcohol motifs (C(OH)–C–C–N with tert-alkyl or cyclic N) is 1. The molecule has 1 heterocycles. The van der Waals surface area contributed by atoms with E-state index in [1.165, 1.54) is 11.4 Å². The molecule has 0 aromatic rings. The summed E-state index contributed by atoms with van der Waals surface area (Å²) >= 11 is 0. The Morgan fingerprint density at radius 3 is 2.60 bits per heavy atom. The van der Waals surface area contributed by atoms with E-state index in [1.54, 1.807) is 0 Å². The first kappa shape index (κ1) is 7.97. The summed E-state index contributed by atoms with van der Waals surface area (Å²) in [6.07, 6.45) is -0.110. The molecule has 5 heteroatoms. The van der Waals surface area contributed by atoms with Crippen LogP contribution < -0.4 is 0 Å². The maximum Gasteiger partial charge on any atom is 0.214 e. The number of hydrogen-bond donors (Lipinski definition) is 1.